The second-order valence-corrected chi connectivity index (χ2v) is 9.94. The maximum Gasteiger partial charge on any atom is 0.231 e. The number of fused-ring (bicyclic) bond motifs is 1. The first kappa shape index (κ1) is 20.1. The van der Waals surface area contributed by atoms with E-state index in [2.05, 4.69) is 17.5 Å². The number of aromatic nitrogens is 1. The van der Waals surface area contributed by atoms with Crippen molar-refractivity contribution in [1.29, 1.82) is 0 Å². The molecule has 0 saturated heterocycles. The number of nitrogens with zero attached hydrogens (tertiary/aromatic N) is 3. The quantitative estimate of drug-likeness (QED) is 0.296. The van der Waals surface area contributed by atoms with Crippen LogP contribution in [0.1, 0.15) is 22.9 Å². The van der Waals surface area contributed by atoms with Gasteiger partial charge in [0.05, 0.1) is 32.4 Å². The number of rotatable bonds is 4. The van der Waals surface area contributed by atoms with Gasteiger partial charge in [-0.2, -0.15) is 5.10 Å². The third-order valence-electron chi connectivity index (χ3n) is 5.40. The molecule has 1 unspecified atom stereocenters. The molecule has 2 aliphatic heterocycles. The van der Waals surface area contributed by atoms with Crippen LogP contribution in [-0.2, 0) is 0 Å². The topological polar surface area (TPSA) is 47.0 Å². The van der Waals surface area contributed by atoms with Gasteiger partial charge in [-0.05, 0) is 41.3 Å². The molecule has 0 N–H and O–H groups in total. The van der Waals surface area contributed by atoms with Gasteiger partial charge in [-0.1, -0.05) is 41.4 Å². The van der Waals surface area contributed by atoms with Crippen LogP contribution in [0.2, 0.25) is 10.0 Å². The molecule has 2 aromatic carbocycles. The average molecular weight is 500 g/mol. The summed E-state index contributed by atoms with van der Waals surface area (Å²) in [6, 6.07) is 15.8. The van der Waals surface area contributed by atoms with E-state index in [1.54, 1.807) is 28.7 Å². The molecule has 5 nitrogen and oxygen atoms in total. The van der Waals surface area contributed by atoms with Crippen molar-refractivity contribution in [2.24, 2.45) is 5.10 Å². The predicted octanol–water partition coefficient (Wildman–Crippen LogP) is 7.26. The van der Waals surface area contributed by atoms with Gasteiger partial charge >= 0.3 is 0 Å². The first-order valence-corrected chi connectivity index (χ1v) is 12.4. The third kappa shape index (κ3) is 3.55. The van der Waals surface area contributed by atoms with Crippen LogP contribution in [0.3, 0.4) is 0 Å². The Labute approximate surface area is 202 Å². The van der Waals surface area contributed by atoms with Gasteiger partial charge in [0.1, 0.15) is 0 Å². The van der Waals surface area contributed by atoms with E-state index in [0.717, 1.165) is 45.6 Å². The molecule has 32 heavy (non-hydrogen) atoms. The summed E-state index contributed by atoms with van der Waals surface area (Å²) in [4.78, 5) is 6.05. The van der Waals surface area contributed by atoms with Crippen LogP contribution in [0.15, 0.2) is 64.4 Å². The van der Waals surface area contributed by atoms with E-state index in [1.165, 1.54) is 4.88 Å². The molecule has 0 bridgehead atoms. The highest BCUT2D eigenvalue weighted by atomic mass is 35.5. The standard InChI is InChI=1S/C23H15Cl2N3O2S2/c24-15-5-3-13(8-16(15)25)18-11-32-23(26-18)28-19(10-17(27-28)22-2-1-7-31-22)14-4-6-20-21(9-14)30-12-29-20/h1-9,11,19H,10,12H2. The molecule has 0 radical (unpaired) electrons. The highest BCUT2D eigenvalue weighted by Gasteiger charge is 2.33. The largest absolute Gasteiger partial charge is 0.454 e. The zero-order valence-corrected chi connectivity index (χ0v) is 19.6. The summed E-state index contributed by atoms with van der Waals surface area (Å²) in [7, 11) is 0. The Morgan fingerprint density at radius 2 is 1.88 bits per heavy atom. The minimum atomic E-state index is 0.00871. The van der Waals surface area contributed by atoms with Crippen molar-refractivity contribution in [2.45, 2.75) is 12.5 Å². The Hall–Kier alpha value is -2.58. The van der Waals surface area contributed by atoms with E-state index in [9.17, 15) is 0 Å². The zero-order valence-electron chi connectivity index (χ0n) is 16.5. The number of anilines is 1. The molecule has 1 atom stereocenters. The minimum absolute atomic E-state index is 0.00871. The van der Waals surface area contributed by atoms with E-state index in [4.69, 9.17) is 42.8 Å². The van der Waals surface area contributed by atoms with E-state index in [-0.39, 0.29) is 12.8 Å². The number of hydrogen-bond acceptors (Lipinski definition) is 7. The number of ether oxygens (including phenoxy) is 2. The summed E-state index contributed by atoms with van der Waals surface area (Å²) in [6.07, 6.45) is 0.780. The Kier molecular flexibility index (Phi) is 5.07. The van der Waals surface area contributed by atoms with Crippen LogP contribution in [0, 0.1) is 0 Å². The van der Waals surface area contributed by atoms with E-state index >= 15 is 0 Å². The van der Waals surface area contributed by atoms with Crippen molar-refractivity contribution >= 4 is 56.7 Å². The predicted molar refractivity (Wildman–Crippen MR) is 131 cm³/mol. The number of benzene rings is 2. The van der Waals surface area contributed by atoms with Crippen LogP contribution < -0.4 is 14.5 Å². The third-order valence-corrected chi connectivity index (χ3v) is 7.89. The number of thiophene rings is 1. The first-order chi connectivity index (χ1) is 15.7. The smallest absolute Gasteiger partial charge is 0.231 e. The maximum absolute atomic E-state index is 6.21. The molecule has 2 aromatic heterocycles. The lowest BCUT2D eigenvalue weighted by Gasteiger charge is -2.21. The first-order valence-electron chi connectivity index (χ1n) is 9.87. The molecule has 0 amide bonds. The molecule has 0 saturated carbocycles. The van der Waals surface area contributed by atoms with Crippen LogP contribution in [-0.4, -0.2) is 17.5 Å². The van der Waals surface area contributed by atoms with Gasteiger partial charge in [0.25, 0.3) is 0 Å². The van der Waals surface area contributed by atoms with Crippen molar-refractivity contribution in [1.82, 2.24) is 4.98 Å². The molecule has 9 heteroatoms. The lowest BCUT2D eigenvalue weighted by Crippen LogP contribution is -2.18. The molecule has 4 aromatic rings. The molecule has 4 heterocycles. The van der Waals surface area contributed by atoms with E-state index < -0.39 is 0 Å². The van der Waals surface area contributed by atoms with Crippen molar-refractivity contribution in [2.75, 3.05) is 11.8 Å². The monoisotopic (exact) mass is 499 g/mol. The second-order valence-electron chi connectivity index (χ2n) is 7.35. The van der Waals surface area contributed by atoms with Gasteiger partial charge in [0.2, 0.25) is 11.9 Å². The van der Waals surface area contributed by atoms with E-state index in [0.29, 0.717) is 10.0 Å². The van der Waals surface area contributed by atoms with Gasteiger partial charge in [-0.3, -0.25) is 0 Å². The molecule has 2 aliphatic rings. The fourth-order valence-corrected chi connectivity index (χ4v) is 5.67. The minimum Gasteiger partial charge on any atom is -0.454 e. The van der Waals surface area contributed by atoms with Crippen LogP contribution in [0.5, 0.6) is 11.5 Å². The molecule has 0 aliphatic carbocycles. The lowest BCUT2D eigenvalue weighted by atomic mass is 10.0. The lowest BCUT2D eigenvalue weighted by molar-refractivity contribution is 0.174. The Balaban J connectivity index is 1.38. The zero-order chi connectivity index (χ0) is 21.7. The van der Waals surface area contributed by atoms with Gasteiger partial charge in [0, 0.05) is 17.4 Å². The summed E-state index contributed by atoms with van der Waals surface area (Å²) in [5.74, 6) is 1.54. The maximum atomic E-state index is 6.21. The van der Waals surface area contributed by atoms with Gasteiger partial charge in [-0.15, -0.1) is 22.7 Å². The number of hydrogen-bond donors (Lipinski definition) is 0. The fourth-order valence-electron chi connectivity index (χ4n) is 3.82. The molecule has 0 fully saturated rings. The number of hydrazone groups is 1. The summed E-state index contributed by atoms with van der Waals surface area (Å²) < 4.78 is 11.1. The second kappa shape index (κ2) is 8.08. The molecule has 160 valence electrons. The highest BCUT2D eigenvalue weighted by molar-refractivity contribution is 7.14. The fraction of sp³-hybridized carbons (Fsp3) is 0.130. The molecular weight excluding hydrogens is 485 g/mol. The Bertz CT molecular complexity index is 1340. The summed E-state index contributed by atoms with van der Waals surface area (Å²) in [6.45, 7) is 0.254. The molecular formula is C23H15Cl2N3O2S2. The molecule has 6 rings (SSSR count). The van der Waals surface area contributed by atoms with Gasteiger partial charge in [0.15, 0.2) is 11.5 Å². The summed E-state index contributed by atoms with van der Waals surface area (Å²) in [5, 5.41) is 12.9. The SMILES string of the molecule is Clc1ccc(-c2csc(N3N=C(c4cccs4)CC3c3ccc4c(c3)OCO4)n2)cc1Cl. The Morgan fingerprint density at radius 3 is 2.72 bits per heavy atom. The molecule has 0 spiro atoms. The van der Waals surface area contributed by atoms with Crippen molar-refractivity contribution in [3.63, 3.8) is 0 Å². The van der Waals surface area contributed by atoms with Gasteiger partial charge < -0.3 is 9.47 Å². The number of thiazole rings is 1. The van der Waals surface area contributed by atoms with Crippen molar-refractivity contribution in [3.05, 3.63) is 79.8 Å². The van der Waals surface area contributed by atoms with Crippen molar-refractivity contribution < 1.29 is 9.47 Å². The van der Waals surface area contributed by atoms with E-state index in [1.807, 2.05) is 40.7 Å². The normalized spacial score (nSPS) is 17.1. The van der Waals surface area contributed by atoms with Crippen LogP contribution in [0.4, 0.5) is 5.13 Å². The van der Waals surface area contributed by atoms with Crippen LogP contribution in [0.25, 0.3) is 11.3 Å². The number of halogens is 2. The Morgan fingerprint density at radius 1 is 0.969 bits per heavy atom. The highest BCUT2D eigenvalue weighted by Crippen LogP contribution is 2.43. The van der Waals surface area contributed by atoms with Crippen LogP contribution >= 0.6 is 45.9 Å². The summed E-state index contributed by atoms with van der Waals surface area (Å²) in [5.41, 5.74) is 3.92. The van der Waals surface area contributed by atoms with Crippen molar-refractivity contribution in [3.8, 4) is 22.8 Å². The summed E-state index contributed by atoms with van der Waals surface area (Å²) >= 11 is 15.5. The average Bonchev–Trinajstić information content (AvgIpc) is 3.60. The van der Waals surface area contributed by atoms with Gasteiger partial charge in [-0.25, -0.2) is 9.99 Å².